The van der Waals surface area contributed by atoms with Crippen molar-refractivity contribution in [2.75, 3.05) is 17.2 Å². The second kappa shape index (κ2) is 11.2. The first kappa shape index (κ1) is 23.2. The monoisotopic (exact) mass is 427 g/mol. The van der Waals surface area contributed by atoms with E-state index in [9.17, 15) is 29.3 Å². The zero-order valence-corrected chi connectivity index (χ0v) is 16.8. The van der Waals surface area contributed by atoms with E-state index < -0.39 is 23.4 Å². The minimum atomic E-state index is -0.646. The molecule has 0 aliphatic carbocycles. The van der Waals surface area contributed by atoms with Crippen molar-refractivity contribution in [3.05, 3.63) is 64.2 Å². The van der Waals surface area contributed by atoms with Crippen molar-refractivity contribution in [1.29, 1.82) is 0 Å². The standard InChI is InChI=1S/C21H21N3O7/c1-14(25)15-8-10-16(11-9-15)22-19(26)6-3-7-21(28)31-13-20(27)23-17-4-2-5-18(12-17)24(29)30/h2,4-5,8-12H,3,6-7,13H2,1H3,(H,22,26)(H,23,27). The van der Waals surface area contributed by atoms with Crippen molar-refractivity contribution in [2.24, 2.45) is 0 Å². The molecule has 0 radical (unpaired) electrons. The maximum absolute atomic E-state index is 11.9. The van der Waals surface area contributed by atoms with Crippen molar-refractivity contribution >= 4 is 40.6 Å². The van der Waals surface area contributed by atoms with Gasteiger partial charge in [0, 0.05) is 41.9 Å². The maximum atomic E-state index is 11.9. The Hall–Kier alpha value is -4.08. The first-order valence-corrected chi connectivity index (χ1v) is 9.35. The third-order valence-electron chi connectivity index (χ3n) is 4.06. The van der Waals surface area contributed by atoms with E-state index in [2.05, 4.69) is 10.6 Å². The van der Waals surface area contributed by atoms with Gasteiger partial charge in [0.25, 0.3) is 11.6 Å². The van der Waals surface area contributed by atoms with Gasteiger partial charge in [0.1, 0.15) is 0 Å². The maximum Gasteiger partial charge on any atom is 0.306 e. The van der Waals surface area contributed by atoms with Crippen LogP contribution in [0, 0.1) is 10.1 Å². The topological polar surface area (TPSA) is 145 Å². The molecule has 0 heterocycles. The number of nitro groups is 1. The van der Waals surface area contributed by atoms with Crippen LogP contribution in [0.5, 0.6) is 0 Å². The number of rotatable bonds is 10. The number of hydrogen-bond acceptors (Lipinski definition) is 7. The van der Waals surface area contributed by atoms with Crippen LogP contribution in [0.15, 0.2) is 48.5 Å². The summed E-state index contributed by atoms with van der Waals surface area (Å²) in [6.07, 6.45) is 0.243. The molecule has 0 fully saturated rings. The summed E-state index contributed by atoms with van der Waals surface area (Å²) in [6.45, 7) is 0.903. The Labute approximate surface area is 177 Å². The number of carbonyl (C=O) groups excluding carboxylic acids is 4. The molecule has 0 aromatic heterocycles. The molecule has 162 valence electrons. The Kier molecular flexibility index (Phi) is 8.38. The molecule has 0 atom stereocenters. The fourth-order valence-corrected chi connectivity index (χ4v) is 2.52. The van der Waals surface area contributed by atoms with Crippen LogP contribution in [0.25, 0.3) is 0 Å². The summed E-state index contributed by atoms with van der Waals surface area (Å²) in [5.41, 5.74) is 1.11. The highest BCUT2D eigenvalue weighted by Gasteiger charge is 2.11. The lowest BCUT2D eigenvalue weighted by Crippen LogP contribution is -2.21. The molecule has 0 spiro atoms. The van der Waals surface area contributed by atoms with E-state index >= 15 is 0 Å². The highest BCUT2D eigenvalue weighted by Crippen LogP contribution is 2.17. The van der Waals surface area contributed by atoms with Gasteiger partial charge in [0.2, 0.25) is 5.91 Å². The molecule has 10 nitrogen and oxygen atoms in total. The number of nitrogens with zero attached hydrogens (tertiary/aromatic N) is 1. The first-order chi connectivity index (χ1) is 14.7. The predicted molar refractivity (Wildman–Crippen MR) is 112 cm³/mol. The van der Waals surface area contributed by atoms with Crippen LogP contribution in [0.4, 0.5) is 17.1 Å². The Morgan fingerprint density at radius 1 is 0.935 bits per heavy atom. The SMILES string of the molecule is CC(=O)c1ccc(NC(=O)CCCC(=O)OCC(=O)Nc2cccc([N+](=O)[O-])c2)cc1. The van der Waals surface area contributed by atoms with Gasteiger partial charge in [-0.1, -0.05) is 6.07 Å². The van der Waals surface area contributed by atoms with Crippen LogP contribution < -0.4 is 10.6 Å². The predicted octanol–water partition coefficient (Wildman–Crippen LogP) is 3.09. The van der Waals surface area contributed by atoms with Gasteiger partial charge >= 0.3 is 5.97 Å². The molecule has 2 aromatic rings. The third kappa shape index (κ3) is 8.05. The number of nitrogens with one attached hydrogen (secondary N) is 2. The van der Waals surface area contributed by atoms with E-state index in [-0.39, 0.29) is 42.3 Å². The number of nitro benzene ring substituents is 1. The molecule has 0 aliphatic rings. The molecule has 2 rings (SSSR count). The van der Waals surface area contributed by atoms with Gasteiger partial charge in [-0.05, 0) is 43.7 Å². The van der Waals surface area contributed by atoms with Gasteiger partial charge in [0.15, 0.2) is 12.4 Å². The number of benzene rings is 2. The molecule has 0 saturated heterocycles. The minimum Gasteiger partial charge on any atom is -0.456 e. The Morgan fingerprint density at radius 2 is 1.61 bits per heavy atom. The smallest absolute Gasteiger partial charge is 0.306 e. The lowest BCUT2D eigenvalue weighted by atomic mass is 10.1. The van der Waals surface area contributed by atoms with E-state index in [0.717, 1.165) is 0 Å². The van der Waals surface area contributed by atoms with Crippen LogP contribution in [0.3, 0.4) is 0 Å². The van der Waals surface area contributed by atoms with Gasteiger partial charge < -0.3 is 15.4 Å². The van der Waals surface area contributed by atoms with Crippen molar-refractivity contribution in [3.63, 3.8) is 0 Å². The van der Waals surface area contributed by atoms with Crippen LogP contribution in [0.1, 0.15) is 36.5 Å². The van der Waals surface area contributed by atoms with Crippen molar-refractivity contribution in [2.45, 2.75) is 26.2 Å². The lowest BCUT2D eigenvalue weighted by Gasteiger charge is -2.07. The fourth-order valence-electron chi connectivity index (χ4n) is 2.52. The number of ketones is 1. The third-order valence-corrected chi connectivity index (χ3v) is 4.06. The Balaban J connectivity index is 1.66. The zero-order chi connectivity index (χ0) is 22.8. The van der Waals surface area contributed by atoms with Gasteiger partial charge in [-0.3, -0.25) is 29.3 Å². The van der Waals surface area contributed by atoms with E-state index in [1.165, 1.54) is 31.2 Å². The summed E-state index contributed by atoms with van der Waals surface area (Å²) in [5.74, 6) is -1.66. The zero-order valence-electron chi connectivity index (χ0n) is 16.8. The second-order valence-electron chi connectivity index (χ2n) is 6.55. The van der Waals surface area contributed by atoms with Gasteiger partial charge in [0.05, 0.1) is 4.92 Å². The number of amides is 2. The molecule has 2 amide bonds. The Morgan fingerprint density at radius 3 is 2.26 bits per heavy atom. The highest BCUT2D eigenvalue weighted by atomic mass is 16.6. The van der Waals surface area contributed by atoms with Crippen LogP contribution in [0.2, 0.25) is 0 Å². The molecule has 0 aliphatic heterocycles. The molecular formula is C21H21N3O7. The Bertz CT molecular complexity index is 987. The molecular weight excluding hydrogens is 406 g/mol. The molecule has 2 N–H and O–H groups in total. The molecule has 2 aromatic carbocycles. The van der Waals surface area contributed by atoms with E-state index in [0.29, 0.717) is 11.3 Å². The first-order valence-electron chi connectivity index (χ1n) is 9.35. The van der Waals surface area contributed by atoms with E-state index in [1.807, 2.05) is 0 Å². The molecule has 0 bridgehead atoms. The van der Waals surface area contributed by atoms with Gasteiger partial charge in [-0.15, -0.1) is 0 Å². The number of Topliss-reactive ketones (excluding diaryl/α,β-unsaturated/α-hetero) is 1. The number of anilines is 2. The van der Waals surface area contributed by atoms with E-state index in [4.69, 9.17) is 4.74 Å². The van der Waals surface area contributed by atoms with Crippen LogP contribution in [-0.4, -0.2) is 35.1 Å². The number of carbonyl (C=O) groups is 4. The average Bonchev–Trinajstić information content (AvgIpc) is 2.73. The van der Waals surface area contributed by atoms with Crippen molar-refractivity contribution in [3.8, 4) is 0 Å². The van der Waals surface area contributed by atoms with Gasteiger partial charge in [-0.25, -0.2) is 0 Å². The van der Waals surface area contributed by atoms with Gasteiger partial charge in [-0.2, -0.15) is 0 Å². The molecule has 0 unspecified atom stereocenters. The lowest BCUT2D eigenvalue weighted by molar-refractivity contribution is -0.384. The van der Waals surface area contributed by atoms with Crippen molar-refractivity contribution < 1.29 is 28.8 Å². The molecule has 0 saturated carbocycles. The number of non-ortho nitro benzene ring substituents is 1. The number of hydrogen-bond donors (Lipinski definition) is 2. The minimum absolute atomic E-state index is 0.0548. The second-order valence-corrected chi connectivity index (χ2v) is 6.55. The fraction of sp³-hybridized carbons (Fsp3) is 0.238. The van der Waals surface area contributed by atoms with E-state index in [1.54, 1.807) is 24.3 Å². The number of esters is 1. The van der Waals surface area contributed by atoms with Crippen LogP contribution in [-0.2, 0) is 19.1 Å². The summed E-state index contributed by atoms with van der Waals surface area (Å²) < 4.78 is 4.84. The normalized spacial score (nSPS) is 10.1. The summed E-state index contributed by atoms with van der Waals surface area (Å²) in [7, 11) is 0. The molecule has 10 heteroatoms. The van der Waals surface area contributed by atoms with Crippen LogP contribution >= 0.6 is 0 Å². The average molecular weight is 427 g/mol. The largest absolute Gasteiger partial charge is 0.456 e. The summed E-state index contributed by atoms with van der Waals surface area (Å²) in [4.78, 5) is 56.8. The molecule has 31 heavy (non-hydrogen) atoms. The summed E-state index contributed by atoms with van der Waals surface area (Å²) in [5, 5.41) is 15.8. The summed E-state index contributed by atoms with van der Waals surface area (Å²) in [6, 6.07) is 11.8. The number of ether oxygens (including phenoxy) is 1. The van der Waals surface area contributed by atoms with Crippen molar-refractivity contribution in [1.82, 2.24) is 0 Å². The quantitative estimate of drug-likeness (QED) is 0.256. The summed E-state index contributed by atoms with van der Waals surface area (Å²) >= 11 is 0. The highest BCUT2D eigenvalue weighted by molar-refractivity contribution is 5.96.